The standard InChI is InChI=1S/C16H24O/c1-5-9-13-11-14(7-3)16(8-4,10-6-2)15(17)12-13/h5-6,11-12,15,17H,1-2,7-10H2,3-4H3. The van der Waals surface area contributed by atoms with Crippen LogP contribution in [0.4, 0.5) is 0 Å². The van der Waals surface area contributed by atoms with Crippen molar-refractivity contribution in [3.05, 3.63) is 48.6 Å². The molecule has 0 saturated carbocycles. The van der Waals surface area contributed by atoms with Crippen molar-refractivity contribution >= 4 is 0 Å². The van der Waals surface area contributed by atoms with Crippen molar-refractivity contribution in [2.24, 2.45) is 5.41 Å². The molecule has 94 valence electrons. The second-order valence-electron chi connectivity index (χ2n) is 4.70. The molecule has 0 spiro atoms. The van der Waals surface area contributed by atoms with Crippen LogP contribution in [0, 0.1) is 5.41 Å². The van der Waals surface area contributed by atoms with Crippen LogP contribution in [-0.2, 0) is 0 Å². The molecule has 0 heterocycles. The molecule has 0 aliphatic heterocycles. The molecule has 1 aliphatic rings. The molecule has 2 unspecified atom stereocenters. The van der Waals surface area contributed by atoms with Gasteiger partial charge < -0.3 is 5.11 Å². The van der Waals surface area contributed by atoms with Crippen LogP contribution in [0.25, 0.3) is 0 Å². The molecule has 17 heavy (non-hydrogen) atoms. The van der Waals surface area contributed by atoms with Gasteiger partial charge in [-0.2, -0.15) is 0 Å². The number of aliphatic hydroxyl groups excluding tert-OH is 1. The predicted molar refractivity (Wildman–Crippen MR) is 74.8 cm³/mol. The maximum Gasteiger partial charge on any atom is 0.0822 e. The van der Waals surface area contributed by atoms with Crippen molar-refractivity contribution in [1.82, 2.24) is 0 Å². The molecule has 0 aromatic rings. The van der Waals surface area contributed by atoms with Crippen LogP contribution >= 0.6 is 0 Å². The van der Waals surface area contributed by atoms with E-state index in [4.69, 9.17) is 0 Å². The van der Waals surface area contributed by atoms with Crippen molar-refractivity contribution in [1.29, 1.82) is 0 Å². The maximum atomic E-state index is 10.4. The average Bonchev–Trinajstić information content (AvgIpc) is 2.32. The van der Waals surface area contributed by atoms with Gasteiger partial charge in [-0.25, -0.2) is 0 Å². The fourth-order valence-corrected chi connectivity index (χ4v) is 2.81. The lowest BCUT2D eigenvalue weighted by Gasteiger charge is -2.40. The molecule has 1 heteroatoms. The van der Waals surface area contributed by atoms with Gasteiger partial charge in [-0.15, -0.1) is 13.2 Å². The largest absolute Gasteiger partial charge is 0.388 e. The third-order valence-electron chi connectivity index (χ3n) is 3.84. The molecule has 0 saturated heterocycles. The first-order valence-electron chi connectivity index (χ1n) is 6.46. The van der Waals surface area contributed by atoms with Crippen LogP contribution in [0.15, 0.2) is 48.6 Å². The van der Waals surface area contributed by atoms with E-state index in [1.807, 2.05) is 18.2 Å². The number of rotatable bonds is 6. The molecule has 0 amide bonds. The van der Waals surface area contributed by atoms with Crippen molar-refractivity contribution < 1.29 is 5.11 Å². The van der Waals surface area contributed by atoms with Crippen molar-refractivity contribution in [3.8, 4) is 0 Å². The molecule has 0 bridgehead atoms. The molecule has 0 radical (unpaired) electrons. The van der Waals surface area contributed by atoms with E-state index in [9.17, 15) is 5.11 Å². The molecule has 1 N–H and O–H groups in total. The fraction of sp³-hybridized carbons (Fsp3) is 0.500. The van der Waals surface area contributed by atoms with E-state index in [-0.39, 0.29) is 5.41 Å². The normalized spacial score (nSPS) is 28.3. The first kappa shape index (κ1) is 14.0. The first-order chi connectivity index (χ1) is 8.14. The van der Waals surface area contributed by atoms with Gasteiger partial charge in [-0.3, -0.25) is 0 Å². The highest BCUT2D eigenvalue weighted by atomic mass is 16.3. The summed E-state index contributed by atoms with van der Waals surface area (Å²) in [4.78, 5) is 0. The van der Waals surface area contributed by atoms with Gasteiger partial charge in [0.05, 0.1) is 6.10 Å². The molecule has 2 atom stereocenters. The number of hydrogen-bond donors (Lipinski definition) is 1. The van der Waals surface area contributed by atoms with Gasteiger partial charge in [0.25, 0.3) is 0 Å². The van der Waals surface area contributed by atoms with Crippen LogP contribution in [0.1, 0.15) is 39.5 Å². The van der Waals surface area contributed by atoms with E-state index in [2.05, 4.69) is 33.1 Å². The van der Waals surface area contributed by atoms with Gasteiger partial charge in [0.1, 0.15) is 0 Å². The van der Waals surface area contributed by atoms with E-state index >= 15 is 0 Å². The van der Waals surface area contributed by atoms with Gasteiger partial charge >= 0.3 is 0 Å². The quantitative estimate of drug-likeness (QED) is 0.681. The Kier molecular flexibility index (Phi) is 4.95. The van der Waals surface area contributed by atoms with E-state index in [1.165, 1.54) is 11.1 Å². The molecule has 1 rings (SSSR count). The smallest absolute Gasteiger partial charge is 0.0822 e. The Labute approximate surface area is 105 Å². The Balaban J connectivity index is 3.13. The van der Waals surface area contributed by atoms with Gasteiger partial charge in [0.15, 0.2) is 0 Å². The molecule has 1 nitrogen and oxygen atoms in total. The summed E-state index contributed by atoms with van der Waals surface area (Å²) in [5.74, 6) is 0. The zero-order valence-electron chi connectivity index (χ0n) is 11.1. The minimum atomic E-state index is -0.402. The summed E-state index contributed by atoms with van der Waals surface area (Å²) >= 11 is 0. The third kappa shape index (κ3) is 2.61. The Bertz CT molecular complexity index is 349. The SMILES string of the molecule is C=CCC1=CC(O)C(CC)(CC=C)C(CC)=C1. The number of allylic oxidation sites excluding steroid dienone is 4. The average molecular weight is 232 g/mol. The minimum absolute atomic E-state index is 0.138. The lowest BCUT2D eigenvalue weighted by atomic mass is 9.66. The topological polar surface area (TPSA) is 20.2 Å². The highest BCUT2D eigenvalue weighted by Crippen LogP contribution is 2.45. The molecular formula is C16H24O. The lowest BCUT2D eigenvalue weighted by Crippen LogP contribution is -2.37. The molecule has 0 aromatic carbocycles. The first-order valence-corrected chi connectivity index (χ1v) is 6.46. The summed E-state index contributed by atoms with van der Waals surface area (Å²) in [5, 5.41) is 10.4. The van der Waals surface area contributed by atoms with E-state index in [0.29, 0.717) is 0 Å². The van der Waals surface area contributed by atoms with Crippen molar-refractivity contribution in [2.45, 2.75) is 45.6 Å². The Morgan fingerprint density at radius 3 is 2.53 bits per heavy atom. The summed E-state index contributed by atoms with van der Waals surface area (Å²) in [5.41, 5.74) is 2.38. The number of aliphatic hydroxyl groups is 1. The highest BCUT2D eigenvalue weighted by molar-refractivity contribution is 5.37. The second-order valence-corrected chi connectivity index (χ2v) is 4.70. The van der Waals surface area contributed by atoms with E-state index < -0.39 is 6.10 Å². The van der Waals surface area contributed by atoms with Crippen LogP contribution in [0.3, 0.4) is 0 Å². The lowest BCUT2D eigenvalue weighted by molar-refractivity contribution is 0.0829. The molecule has 0 aromatic heterocycles. The predicted octanol–water partition coefficient (Wildman–Crippen LogP) is 4.17. The van der Waals surface area contributed by atoms with Crippen LogP contribution in [0.2, 0.25) is 0 Å². The Hall–Kier alpha value is -1.08. The summed E-state index contributed by atoms with van der Waals surface area (Å²) in [6.07, 6.45) is 11.2. The van der Waals surface area contributed by atoms with E-state index in [1.54, 1.807) is 0 Å². The summed E-state index contributed by atoms with van der Waals surface area (Å²) in [6, 6.07) is 0. The van der Waals surface area contributed by atoms with Crippen LogP contribution in [0.5, 0.6) is 0 Å². The zero-order chi connectivity index (χ0) is 12.9. The van der Waals surface area contributed by atoms with Gasteiger partial charge in [0, 0.05) is 5.41 Å². The summed E-state index contributed by atoms with van der Waals surface area (Å²) in [7, 11) is 0. The molecule has 0 fully saturated rings. The maximum absolute atomic E-state index is 10.4. The van der Waals surface area contributed by atoms with Gasteiger partial charge in [0.2, 0.25) is 0 Å². The zero-order valence-corrected chi connectivity index (χ0v) is 11.1. The molecule has 1 aliphatic carbocycles. The fourth-order valence-electron chi connectivity index (χ4n) is 2.81. The monoisotopic (exact) mass is 232 g/mol. The Morgan fingerprint density at radius 2 is 2.06 bits per heavy atom. The highest BCUT2D eigenvalue weighted by Gasteiger charge is 2.38. The van der Waals surface area contributed by atoms with Crippen LogP contribution < -0.4 is 0 Å². The van der Waals surface area contributed by atoms with Gasteiger partial charge in [-0.1, -0.05) is 43.7 Å². The summed E-state index contributed by atoms with van der Waals surface area (Å²) < 4.78 is 0. The Morgan fingerprint density at radius 1 is 1.35 bits per heavy atom. The number of hydrogen-bond acceptors (Lipinski definition) is 1. The minimum Gasteiger partial charge on any atom is -0.388 e. The molecular weight excluding hydrogens is 208 g/mol. The third-order valence-corrected chi connectivity index (χ3v) is 3.84. The van der Waals surface area contributed by atoms with Gasteiger partial charge in [-0.05, 0) is 31.3 Å². The second kappa shape index (κ2) is 6.02. The summed E-state index contributed by atoms with van der Waals surface area (Å²) in [6.45, 7) is 11.9. The van der Waals surface area contributed by atoms with Crippen molar-refractivity contribution in [3.63, 3.8) is 0 Å². The van der Waals surface area contributed by atoms with E-state index in [0.717, 1.165) is 25.7 Å². The van der Waals surface area contributed by atoms with Crippen molar-refractivity contribution in [2.75, 3.05) is 0 Å². The van der Waals surface area contributed by atoms with Crippen LogP contribution in [-0.4, -0.2) is 11.2 Å².